The molecule has 0 unspecified atom stereocenters. The Bertz CT molecular complexity index is 1350. The smallest absolute Gasteiger partial charge is 0.266 e. The molecule has 0 bridgehead atoms. The van der Waals surface area contributed by atoms with Crippen LogP contribution in [0.1, 0.15) is 32.1 Å². The topological polar surface area (TPSA) is 98.5 Å². The lowest BCUT2D eigenvalue weighted by Gasteiger charge is -2.13. The standard InChI is InChI=1S/C21H20N6O2/c28-19-15-12-16-18(8-11-27(20(16)29)21-22-13-23-25-21)24-17(15)7-10-26(19)9-6-14-4-2-1-3-5-14/h4,7-8,10-13H,1-3,5-6,9H2,(H,22,23,25). The van der Waals surface area contributed by atoms with E-state index in [9.17, 15) is 9.59 Å². The van der Waals surface area contributed by atoms with Crippen molar-refractivity contribution in [2.75, 3.05) is 0 Å². The second-order valence-corrected chi connectivity index (χ2v) is 7.33. The van der Waals surface area contributed by atoms with Crippen LogP contribution in [0.5, 0.6) is 0 Å². The summed E-state index contributed by atoms with van der Waals surface area (Å²) >= 11 is 0. The van der Waals surface area contributed by atoms with Crippen molar-refractivity contribution in [3.05, 3.63) is 69.3 Å². The number of aromatic amines is 1. The predicted molar refractivity (Wildman–Crippen MR) is 110 cm³/mol. The molecule has 146 valence electrons. The molecule has 1 aliphatic carbocycles. The molecule has 1 aliphatic rings. The van der Waals surface area contributed by atoms with Crippen molar-refractivity contribution >= 4 is 21.8 Å². The maximum Gasteiger partial charge on any atom is 0.266 e. The van der Waals surface area contributed by atoms with Crippen molar-refractivity contribution in [3.63, 3.8) is 0 Å². The molecule has 8 nitrogen and oxygen atoms in total. The molecular formula is C21H20N6O2. The Morgan fingerprint density at radius 3 is 2.62 bits per heavy atom. The van der Waals surface area contributed by atoms with Crippen LogP contribution in [-0.2, 0) is 6.54 Å². The molecule has 4 aromatic heterocycles. The SMILES string of the molecule is O=c1c2cc3c(=O)n(-c4ncn[nH]4)ccc3nc2ccn1CCC1=CCCCC1. The summed E-state index contributed by atoms with van der Waals surface area (Å²) < 4.78 is 3.07. The molecule has 4 heterocycles. The average Bonchev–Trinajstić information content (AvgIpc) is 3.28. The first-order valence-electron chi connectivity index (χ1n) is 9.80. The van der Waals surface area contributed by atoms with E-state index in [1.54, 1.807) is 29.1 Å². The van der Waals surface area contributed by atoms with Crippen LogP contribution in [0.15, 0.2) is 58.2 Å². The normalized spacial score (nSPS) is 14.4. The fourth-order valence-electron chi connectivity index (χ4n) is 3.92. The van der Waals surface area contributed by atoms with Crippen LogP contribution in [0, 0.1) is 0 Å². The fourth-order valence-corrected chi connectivity index (χ4v) is 3.92. The third-order valence-electron chi connectivity index (χ3n) is 5.51. The molecule has 0 aliphatic heterocycles. The van der Waals surface area contributed by atoms with Gasteiger partial charge in [-0.05, 0) is 50.3 Å². The maximum absolute atomic E-state index is 13.0. The van der Waals surface area contributed by atoms with Crippen molar-refractivity contribution in [2.24, 2.45) is 0 Å². The van der Waals surface area contributed by atoms with Crippen LogP contribution < -0.4 is 11.1 Å². The zero-order chi connectivity index (χ0) is 19.8. The minimum Gasteiger partial charge on any atom is -0.315 e. The second kappa shape index (κ2) is 7.12. The maximum atomic E-state index is 13.0. The van der Waals surface area contributed by atoms with Crippen molar-refractivity contribution in [2.45, 2.75) is 38.6 Å². The molecule has 29 heavy (non-hydrogen) atoms. The summed E-state index contributed by atoms with van der Waals surface area (Å²) in [5.41, 5.74) is 2.14. The highest BCUT2D eigenvalue weighted by Crippen LogP contribution is 2.21. The molecule has 0 amide bonds. The van der Waals surface area contributed by atoms with Crippen LogP contribution in [0.2, 0.25) is 0 Å². The first kappa shape index (κ1) is 17.5. The second-order valence-electron chi connectivity index (χ2n) is 7.33. The molecule has 1 N–H and O–H groups in total. The summed E-state index contributed by atoms with van der Waals surface area (Å²) in [7, 11) is 0. The first-order valence-corrected chi connectivity index (χ1v) is 9.80. The molecule has 0 fully saturated rings. The van der Waals surface area contributed by atoms with Gasteiger partial charge in [0.05, 0.1) is 21.8 Å². The van der Waals surface area contributed by atoms with E-state index in [0.29, 0.717) is 34.3 Å². The Morgan fingerprint density at radius 2 is 1.86 bits per heavy atom. The number of rotatable bonds is 4. The zero-order valence-electron chi connectivity index (χ0n) is 15.8. The highest BCUT2D eigenvalue weighted by molar-refractivity contribution is 5.91. The van der Waals surface area contributed by atoms with Gasteiger partial charge in [-0.2, -0.15) is 10.1 Å². The fraction of sp³-hybridized carbons (Fsp3) is 0.286. The van der Waals surface area contributed by atoms with E-state index in [1.807, 2.05) is 6.07 Å². The number of hydrogen-bond acceptors (Lipinski definition) is 5. The quantitative estimate of drug-likeness (QED) is 0.428. The lowest BCUT2D eigenvalue weighted by Crippen LogP contribution is -2.22. The van der Waals surface area contributed by atoms with Crippen molar-refractivity contribution < 1.29 is 0 Å². The van der Waals surface area contributed by atoms with E-state index in [4.69, 9.17) is 0 Å². The van der Waals surface area contributed by atoms with Gasteiger partial charge in [0.25, 0.3) is 11.1 Å². The van der Waals surface area contributed by atoms with Gasteiger partial charge in [-0.15, -0.1) is 0 Å². The summed E-state index contributed by atoms with van der Waals surface area (Å²) in [5, 5.41) is 7.29. The number of pyridine rings is 3. The van der Waals surface area contributed by atoms with Gasteiger partial charge in [0.15, 0.2) is 0 Å². The van der Waals surface area contributed by atoms with E-state index >= 15 is 0 Å². The summed E-state index contributed by atoms with van der Waals surface area (Å²) in [6.45, 7) is 0.635. The number of allylic oxidation sites excluding steroid dienone is 2. The van der Waals surface area contributed by atoms with Crippen LogP contribution >= 0.6 is 0 Å². The van der Waals surface area contributed by atoms with Crippen molar-refractivity contribution in [1.82, 2.24) is 29.3 Å². The molecule has 0 aromatic carbocycles. The Morgan fingerprint density at radius 1 is 1.03 bits per heavy atom. The molecular weight excluding hydrogens is 368 g/mol. The number of nitrogens with one attached hydrogen (secondary N) is 1. The van der Waals surface area contributed by atoms with E-state index in [1.165, 1.54) is 29.3 Å². The molecule has 0 saturated carbocycles. The van der Waals surface area contributed by atoms with Gasteiger partial charge < -0.3 is 4.57 Å². The zero-order valence-corrected chi connectivity index (χ0v) is 15.8. The monoisotopic (exact) mass is 388 g/mol. The number of H-pyrrole nitrogens is 1. The van der Waals surface area contributed by atoms with E-state index in [2.05, 4.69) is 26.2 Å². The van der Waals surface area contributed by atoms with Gasteiger partial charge in [0.1, 0.15) is 6.33 Å². The third kappa shape index (κ3) is 3.16. The first-order chi connectivity index (χ1) is 14.2. The average molecular weight is 388 g/mol. The Hall–Kier alpha value is -3.55. The number of aryl methyl sites for hydroxylation is 1. The van der Waals surface area contributed by atoms with E-state index < -0.39 is 0 Å². The Kier molecular flexibility index (Phi) is 4.31. The van der Waals surface area contributed by atoms with Crippen LogP contribution in [0.3, 0.4) is 0 Å². The van der Waals surface area contributed by atoms with Gasteiger partial charge in [-0.3, -0.25) is 14.2 Å². The highest BCUT2D eigenvalue weighted by atomic mass is 16.1. The van der Waals surface area contributed by atoms with Crippen LogP contribution in [0.4, 0.5) is 0 Å². The predicted octanol–water partition coefficient (Wildman–Crippen LogP) is 2.71. The highest BCUT2D eigenvalue weighted by Gasteiger charge is 2.12. The van der Waals surface area contributed by atoms with Gasteiger partial charge in [-0.25, -0.2) is 10.1 Å². The number of hydrogen-bond donors (Lipinski definition) is 1. The molecule has 0 spiro atoms. The van der Waals surface area contributed by atoms with Gasteiger partial charge in [0, 0.05) is 18.9 Å². The van der Waals surface area contributed by atoms with Gasteiger partial charge in [-0.1, -0.05) is 11.6 Å². The minimum absolute atomic E-state index is 0.122. The van der Waals surface area contributed by atoms with E-state index in [0.717, 1.165) is 19.3 Å². The summed E-state index contributed by atoms with van der Waals surface area (Å²) in [6, 6.07) is 5.22. The van der Waals surface area contributed by atoms with Crippen LogP contribution in [0.25, 0.3) is 27.8 Å². The lowest BCUT2D eigenvalue weighted by molar-refractivity contribution is 0.616. The largest absolute Gasteiger partial charge is 0.315 e. The van der Waals surface area contributed by atoms with Crippen molar-refractivity contribution in [1.29, 1.82) is 0 Å². The molecule has 4 aromatic rings. The summed E-state index contributed by atoms with van der Waals surface area (Å²) in [6.07, 6.45) is 12.7. The third-order valence-corrected chi connectivity index (χ3v) is 5.51. The van der Waals surface area contributed by atoms with Crippen LogP contribution in [-0.4, -0.2) is 29.3 Å². The molecule has 0 atom stereocenters. The van der Waals surface area contributed by atoms with Gasteiger partial charge >= 0.3 is 0 Å². The summed E-state index contributed by atoms with van der Waals surface area (Å²) in [5.74, 6) is 0.322. The Balaban J connectivity index is 1.58. The lowest BCUT2D eigenvalue weighted by atomic mass is 9.97. The number of nitrogens with zero attached hydrogens (tertiary/aromatic N) is 5. The van der Waals surface area contributed by atoms with E-state index in [-0.39, 0.29) is 11.1 Å². The van der Waals surface area contributed by atoms with Gasteiger partial charge in [0.2, 0.25) is 5.95 Å². The van der Waals surface area contributed by atoms with Crippen molar-refractivity contribution in [3.8, 4) is 5.95 Å². The molecule has 0 radical (unpaired) electrons. The summed E-state index contributed by atoms with van der Waals surface area (Å²) in [4.78, 5) is 34.5. The number of fused-ring (bicyclic) bond motifs is 2. The Labute approximate surface area is 165 Å². The number of aromatic nitrogens is 6. The molecule has 8 heteroatoms. The molecule has 5 rings (SSSR count). The molecule has 0 saturated heterocycles. The minimum atomic E-state index is -0.296.